The zero-order valence-electron chi connectivity index (χ0n) is 17.1. The maximum atomic E-state index is 15.3. The van der Waals surface area contributed by atoms with Gasteiger partial charge in [0, 0.05) is 12.0 Å². The summed E-state index contributed by atoms with van der Waals surface area (Å²) >= 11 is 0. The van der Waals surface area contributed by atoms with Crippen LogP contribution in [0.2, 0.25) is 0 Å². The summed E-state index contributed by atoms with van der Waals surface area (Å²) in [5.74, 6) is -2.49. The molecule has 176 valence electrons. The number of nitrogens with zero attached hydrogens (tertiary/aromatic N) is 1. The van der Waals surface area contributed by atoms with E-state index in [0.717, 1.165) is 31.7 Å². The van der Waals surface area contributed by atoms with Gasteiger partial charge in [-0.05, 0) is 49.5 Å². The number of carbonyl (C=O) groups is 1. The number of nitrogens with one attached hydrogen (secondary N) is 2. The molecule has 2 atom stereocenters. The molecule has 0 saturated heterocycles. The normalized spacial score (nSPS) is 19.0. The molecule has 2 fully saturated rings. The first-order valence-corrected chi connectivity index (χ1v) is 10.6. The lowest BCUT2D eigenvalue weighted by Crippen LogP contribution is -2.37. The van der Waals surface area contributed by atoms with Crippen LogP contribution in [0.5, 0.6) is 0 Å². The van der Waals surface area contributed by atoms with Gasteiger partial charge in [-0.25, -0.2) is 18.2 Å². The molecule has 0 radical (unpaired) electrons. The molecule has 4 N–H and O–H groups in total. The van der Waals surface area contributed by atoms with E-state index in [-0.39, 0.29) is 17.0 Å². The molecule has 0 aliphatic heterocycles. The molecule has 11 heteroatoms. The molecule has 1 aromatic heterocycles. The van der Waals surface area contributed by atoms with Gasteiger partial charge in [-0.1, -0.05) is 6.07 Å². The molecular weight excluding hydrogens is 438 g/mol. The molecule has 0 spiro atoms. The lowest BCUT2D eigenvalue weighted by Gasteiger charge is -2.21. The number of alkyl halides is 5. The van der Waals surface area contributed by atoms with E-state index < -0.39 is 54.8 Å². The van der Waals surface area contributed by atoms with E-state index in [4.69, 9.17) is 5.73 Å². The van der Waals surface area contributed by atoms with Crippen molar-refractivity contribution in [3.05, 3.63) is 29.3 Å². The lowest BCUT2D eigenvalue weighted by atomic mass is 9.89. The molecule has 1 amide bonds. The van der Waals surface area contributed by atoms with E-state index in [9.17, 15) is 26.7 Å². The Morgan fingerprint density at radius 2 is 1.81 bits per heavy atom. The number of hydrogen-bond acceptors (Lipinski definition) is 3. The Hall–Kier alpha value is -2.30. The largest absolute Gasteiger partial charge is 0.405 e. The second-order valence-electron chi connectivity index (χ2n) is 8.78. The summed E-state index contributed by atoms with van der Waals surface area (Å²) in [4.78, 5) is 19.5. The SMILES string of the molecule is NC(c1nc2c(F)c([C@H](CC(F)F)C(=O)NCC(F)(F)F)ccc2[nH]1)C(C1CC1)C1CC1. The van der Waals surface area contributed by atoms with Gasteiger partial charge >= 0.3 is 6.18 Å². The number of fused-ring (bicyclic) bond motifs is 1. The van der Waals surface area contributed by atoms with Gasteiger partial charge in [0.05, 0.1) is 17.5 Å². The highest BCUT2D eigenvalue weighted by atomic mass is 19.4. The number of imidazole rings is 1. The number of rotatable bonds is 9. The van der Waals surface area contributed by atoms with Crippen molar-refractivity contribution in [2.75, 3.05) is 6.54 Å². The lowest BCUT2D eigenvalue weighted by molar-refractivity contribution is -0.139. The Kier molecular flexibility index (Phi) is 6.12. The predicted molar refractivity (Wildman–Crippen MR) is 104 cm³/mol. The molecule has 2 aromatic rings. The van der Waals surface area contributed by atoms with Gasteiger partial charge in [0.1, 0.15) is 17.9 Å². The average molecular weight is 462 g/mol. The van der Waals surface area contributed by atoms with Crippen LogP contribution in [-0.4, -0.2) is 35.0 Å². The quantitative estimate of drug-likeness (QED) is 0.478. The second kappa shape index (κ2) is 8.57. The number of amides is 1. The van der Waals surface area contributed by atoms with Gasteiger partial charge in [-0.15, -0.1) is 0 Å². The third-order valence-corrected chi connectivity index (χ3v) is 6.27. The van der Waals surface area contributed by atoms with Crippen LogP contribution >= 0.6 is 0 Å². The number of aromatic amines is 1. The molecule has 1 aromatic carbocycles. The molecule has 2 aliphatic rings. The van der Waals surface area contributed by atoms with Crippen LogP contribution in [-0.2, 0) is 4.79 Å². The molecule has 4 rings (SSSR count). The van der Waals surface area contributed by atoms with E-state index in [1.807, 2.05) is 0 Å². The highest BCUT2D eigenvalue weighted by Crippen LogP contribution is 2.53. The molecule has 2 saturated carbocycles. The van der Waals surface area contributed by atoms with Crippen LogP contribution < -0.4 is 11.1 Å². The van der Waals surface area contributed by atoms with Gasteiger partial charge < -0.3 is 16.0 Å². The third-order valence-electron chi connectivity index (χ3n) is 6.27. The van der Waals surface area contributed by atoms with Gasteiger partial charge in [-0.2, -0.15) is 13.2 Å². The Labute approximate surface area is 180 Å². The molecule has 5 nitrogen and oxygen atoms in total. The summed E-state index contributed by atoms with van der Waals surface area (Å²) in [7, 11) is 0. The Morgan fingerprint density at radius 1 is 1.19 bits per heavy atom. The maximum Gasteiger partial charge on any atom is 0.405 e. The van der Waals surface area contributed by atoms with Crippen molar-refractivity contribution in [3.63, 3.8) is 0 Å². The first-order valence-electron chi connectivity index (χ1n) is 10.6. The zero-order valence-corrected chi connectivity index (χ0v) is 17.1. The van der Waals surface area contributed by atoms with E-state index in [1.54, 1.807) is 5.32 Å². The average Bonchev–Trinajstić information content (AvgIpc) is 3.64. The molecule has 0 bridgehead atoms. The summed E-state index contributed by atoms with van der Waals surface area (Å²) in [5.41, 5.74) is 6.14. The van der Waals surface area contributed by atoms with Crippen molar-refractivity contribution in [1.82, 2.24) is 15.3 Å². The van der Waals surface area contributed by atoms with Crippen LogP contribution in [0.25, 0.3) is 11.0 Å². The maximum absolute atomic E-state index is 15.3. The van der Waals surface area contributed by atoms with Crippen LogP contribution in [0, 0.1) is 23.6 Å². The van der Waals surface area contributed by atoms with Gasteiger partial charge in [0.2, 0.25) is 12.3 Å². The predicted octanol–water partition coefficient (Wildman–Crippen LogP) is 4.56. The fourth-order valence-corrected chi connectivity index (χ4v) is 4.48. The second-order valence-corrected chi connectivity index (χ2v) is 8.78. The van der Waals surface area contributed by atoms with Crippen molar-refractivity contribution in [2.24, 2.45) is 23.5 Å². The van der Waals surface area contributed by atoms with Crippen LogP contribution in [0.1, 0.15) is 55.5 Å². The van der Waals surface area contributed by atoms with E-state index in [1.165, 1.54) is 6.07 Å². The standard InChI is InChI=1S/C21H24F6N4O/c22-14(23)7-12(20(32)29-8-21(25,26)27)11-5-6-13-18(16(11)24)31-19(30-13)17(28)15(9-1-2-9)10-3-4-10/h5-6,9-10,12,14-15,17H,1-4,7-8,28H2,(H,29,32)(H,30,31)/t12-,17?/m0/s1. The molecule has 32 heavy (non-hydrogen) atoms. The number of benzene rings is 1. The summed E-state index contributed by atoms with van der Waals surface area (Å²) in [5, 5.41) is 1.57. The van der Waals surface area contributed by atoms with Crippen LogP contribution in [0.4, 0.5) is 26.3 Å². The van der Waals surface area contributed by atoms with Gasteiger partial charge in [0.25, 0.3) is 0 Å². The minimum atomic E-state index is -4.72. The van der Waals surface area contributed by atoms with Crippen LogP contribution in [0.3, 0.4) is 0 Å². The monoisotopic (exact) mass is 462 g/mol. The van der Waals surface area contributed by atoms with Crippen molar-refractivity contribution >= 4 is 16.9 Å². The first kappa shape index (κ1) is 22.9. The minimum absolute atomic E-state index is 0.166. The van der Waals surface area contributed by atoms with Crippen molar-refractivity contribution in [2.45, 2.75) is 56.7 Å². The summed E-state index contributed by atoms with van der Waals surface area (Å²) in [6, 6.07) is 2.08. The van der Waals surface area contributed by atoms with E-state index >= 15 is 4.39 Å². The Morgan fingerprint density at radius 3 is 2.34 bits per heavy atom. The zero-order chi connectivity index (χ0) is 23.2. The number of carbonyl (C=O) groups excluding carboxylic acids is 1. The topological polar surface area (TPSA) is 83.8 Å². The smallest absolute Gasteiger partial charge is 0.346 e. The van der Waals surface area contributed by atoms with Crippen LogP contribution in [0.15, 0.2) is 12.1 Å². The number of aromatic nitrogens is 2. The molecule has 1 heterocycles. The number of hydrogen-bond donors (Lipinski definition) is 3. The highest BCUT2D eigenvalue weighted by Gasteiger charge is 2.45. The minimum Gasteiger partial charge on any atom is -0.346 e. The highest BCUT2D eigenvalue weighted by molar-refractivity contribution is 5.86. The third kappa shape index (κ3) is 5.02. The van der Waals surface area contributed by atoms with Gasteiger partial charge in [0.15, 0.2) is 5.82 Å². The van der Waals surface area contributed by atoms with Crippen molar-refractivity contribution in [3.8, 4) is 0 Å². The number of nitrogens with two attached hydrogens (primary N) is 1. The van der Waals surface area contributed by atoms with E-state index in [0.29, 0.717) is 17.7 Å². The van der Waals surface area contributed by atoms with Gasteiger partial charge in [-0.3, -0.25) is 4.79 Å². The summed E-state index contributed by atoms with van der Waals surface area (Å²) < 4.78 is 78.7. The number of H-pyrrole nitrogens is 1. The first-order chi connectivity index (χ1) is 15.0. The Balaban J connectivity index is 1.62. The summed E-state index contributed by atoms with van der Waals surface area (Å²) in [6.07, 6.45) is -4.49. The van der Waals surface area contributed by atoms with E-state index in [2.05, 4.69) is 9.97 Å². The fourth-order valence-electron chi connectivity index (χ4n) is 4.48. The molecular formula is C21H24F6N4O. The Bertz CT molecular complexity index is 971. The molecule has 2 aliphatic carbocycles. The van der Waals surface area contributed by atoms with Crippen molar-refractivity contribution in [1.29, 1.82) is 0 Å². The molecule has 1 unspecified atom stereocenters. The number of halogens is 6. The van der Waals surface area contributed by atoms with Crippen molar-refractivity contribution < 1.29 is 31.1 Å². The summed E-state index contributed by atoms with van der Waals surface area (Å²) in [6.45, 7) is -1.69. The fraction of sp³-hybridized carbons (Fsp3) is 0.619.